The number of aromatic nitrogens is 1. The molecule has 1 fully saturated rings. The molecule has 0 spiro atoms. The van der Waals surface area contributed by atoms with Crippen LogP contribution in [0.3, 0.4) is 0 Å². The van der Waals surface area contributed by atoms with Crippen molar-refractivity contribution in [2.75, 3.05) is 20.2 Å². The summed E-state index contributed by atoms with van der Waals surface area (Å²) in [6.07, 6.45) is 2.64. The Hall–Kier alpha value is -2.43. The summed E-state index contributed by atoms with van der Waals surface area (Å²) in [7, 11) is 1.81. The molecule has 1 saturated heterocycles. The summed E-state index contributed by atoms with van der Waals surface area (Å²) in [5, 5.41) is 1.15. The lowest BCUT2D eigenvalue weighted by Crippen LogP contribution is -2.36. The van der Waals surface area contributed by atoms with Gasteiger partial charge in [0.2, 0.25) is 0 Å². The van der Waals surface area contributed by atoms with Crippen LogP contribution in [0.25, 0.3) is 10.9 Å². The predicted octanol–water partition coefficient (Wildman–Crippen LogP) is 4.42. The summed E-state index contributed by atoms with van der Waals surface area (Å²) in [6, 6.07) is 20.7. The van der Waals surface area contributed by atoms with Gasteiger partial charge in [-0.2, -0.15) is 0 Å². The Morgan fingerprint density at radius 2 is 1.85 bits per heavy atom. The third kappa shape index (κ3) is 4.65. The monoisotopic (exact) mass is 362 g/mol. The molecular weight excluding hydrogens is 336 g/mol. The average Bonchev–Trinajstić information content (AvgIpc) is 2.73. The van der Waals surface area contributed by atoms with Gasteiger partial charge in [-0.1, -0.05) is 36.4 Å². The lowest BCUT2D eigenvalue weighted by atomic mass is 10.1. The van der Waals surface area contributed by atoms with Crippen molar-refractivity contribution in [1.29, 1.82) is 0 Å². The average molecular weight is 362 g/mol. The molecule has 0 amide bonds. The van der Waals surface area contributed by atoms with E-state index in [1.54, 1.807) is 0 Å². The SMILES string of the molecule is COC1CCN(Cc2cccc(OCc3ccc4ccccc4n3)c2)CC1. The van der Waals surface area contributed by atoms with Crippen molar-refractivity contribution in [2.45, 2.75) is 32.1 Å². The van der Waals surface area contributed by atoms with E-state index in [1.807, 2.05) is 37.4 Å². The molecule has 0 aliphatic carbocycles. The number of ether oxygens (including phenoxy) is 2. The number of likely N-dealkylation sites (tertiary alicyclic amines) is 1. The quantitative estimate of drug-likeness (QED) is 0.650. The molecule has 0 unspecified atom stereocenters. The van der Waals surface area contributed by atoms with Gasteiger partial charge < -0.3 is 9.47 Å². The molecule has 140 valence electrons. The molecule has 27 heavy (non-hydrogen) atoms. The number of fused-ring (bicyclic) bond motifs is 1. The number of para-hydroxylation sites is 1. The maximum absolute atomic E-state index is 6.00. The van der Waals surface area contributed by atoms with Gasteiger partial charge in [0, 0.05) is 32.1 Å². The topological polar surface area (TPSA) is 34.6 Å². The number of hydrogen-bond donors (Lipinski definition) is 0. The largest absolute Gasteiger partial charge is 0.487 e. The van der Waals surface area contributed by atoms with Gasteiger partial charge in [-0.05, 0) is 42.7 Å². The summed E-state index contributed by atoms with van der Waals surface area (Å²) in [4.78, 5) is 7.16. The van der Waals surface area contributed by atoms with Gasteiger partial charge in [-0.3, -0.25) is 4.90 Å². The van der Waals surface area contributed by atoms with Gasteiger partial charge in [0.05, 0.1) is 17.3 Å². The van der Waals surface area contributed by atoms with Crippen molar-refractivity contribution < 1.29 is 9.47 Å². The van der Waals surface area contributed by atoms with Crippen LogP contribution in [0.2, 0.25) is 0 Å². The van der Waals surface area contributed by atoms with E-state index in [0.29, 0.717) is 12.7 Å². The van der Waals surface area contributed by atoms with Gasteiger partial charge in [0.1, 0.15) is 12.4 Å². The smallest absolute Gasteiger partial charge is 0.130 e. The summed E-state index contributed by atoms with van der Waals surface area (Å²) < 4.78 is 11.5. The third-order valence-electron chi connectivity index (χ3n) is 5.22. The Morgan fingerprint density at radius 3 is 2.70 bits per heavy atom. The Balaban J connectivity index is 1.36. The molecule has 0 radical (unpaired) electrons. The molecular formula is C23H26N2O2. The minimum Gasteiger partial charge on any atom is -0.487 e. The van der Waals surface area contributed by atoms with Crippen LogP contribution >= 0.6 is 0 Å². The van der Waals surface area contributed by atoms with Crippen molar-refractivity contribution in [3.8, 4) is 5.75 Å². The van der Waals surface area contributed by atoms with Crippen LogP contribution in [0.5, 0.6) is 5.75 Å². The van der Waals surface area contributed by atoms with Gasteiger partial charge in [0.25, 0.3) is 0 Å². The zero-order chi connectivity index (χ0) is 18.5. The van der Waals surface area contributed by atoms with Gasteiger partial charge in [-0.15, -0.1) is 0 Å². The number of methoxy groups -OCH3 is 1. The Kier molecular flexibility index (Phi) is 5.66. The molecule has 4 rings (SSSR count). The zero-order valence-corrected chi connectivity index (χ0v) is 15.8. The first kappa shape index (κ1) is 18.0. The number of hydrogen-bond acceptors (Lipinski definition) is 4. The molecule has 4 heteroatoms. The zero-order valence-electron chi connectivity index (χ0n) is 15.8. The maximum atomic E-state index is 6.00. The number of nitrogens with zero attached hydrogens (tertiary/aromatic N) is 2. The highest BCUT2D eigenvalue weighted by atomic mass is 16.5. The summed E-state index contributed by atoms with van der Waals surface area (Å²) in [6.45, 7) is 3.62. The molecule has 2 aromatic carbocycles. The second-order valence-corrected chi connectivity index (χ2v) is 7.14. The number of rotatable bonds is 6. The molecule has 1 aliphatic heterocycles. The molecule has 1 aliphatic rings. The second-order valence-electron chi connectivity index (χ2n) is 7.14. The molecule has 0 saturated carbocycles. The Labute approximate surface area is 160 Å². The fraction of sp³-hybridized carbons (Fsp3) is 0.348. The van der Waals surface area contributed by atoms with Crippen molar-refractivity contribution in [3.63, 3.8) is 0 Å². The van der Waals surface area contributed by atoms with E-state index < -0.39 is 0 Å². The molecule has 4 nitrogen and oxygen atoms in total. The minimum atomic E-state index is 0.422. The predicted molar refractivity (Wildman–Crippen MR) is 108 cm³/mol. The number of piperidine rings is 1. The standard InChI is InChI=1S/C23H26N2O2/c1-26-21-11-13-25(14-12-21)16-18-5-4-7-22(15-18)27-17-20-10-9-19-6-2-3-8-23(19)24-20/h2-10,15,21H,11-14,16-17H2,1H3. The summed E-state index contributed by atoms with van der Waals surface area (Å²) in [5.74, 6) is 0.897. The molecule has 2 heterocycles. The first-order valence-corrected chi connectivity index (χ1v) is 9.62. The van der Waals surface area contributed by atoms with Crippen molar-refractivity contribution >= 4 is 10.9 Å². The van der Waals surface area contributed by atoms with Crippen LogP contribution < -0.4 is 4.74 Å². The highest BCUT2D eigenvalue weighted by Crippen LogP contribution is 2.20. The summed E-state index contributed by atoms with van der Waals surface area (Å²) >= 11 is 0. The van der Waals surface area contributed by atoms with Crippen LogP contribution in [0.4, 0.5) is 0 Å². The first-order valence-electron chi connectivity index (χ1n) is 9.62. The van der Waals surface area contributed by atoms with Gasteiger partial charge >= 0.3 is 0 Å². The van der Waals surface area contributed by atoms with E-state index in [-0.39, 0.29) is 0 Å². The number of pyridine rings is 1. The van der Waals surface area contributed by atoms with E-state index >= 15 is 0 Å². The molecule has 3 aromatic rings. The molecule has 0 bridgehead atoms. The first-order chi connectivity index (χ1) is 13.3. The Morgan fingerprint density at radius 1 is 1.00 bits per heavy atom. The molecule has 0 N–H and O–H groups in total. The van der Waals surface area contributed by atoms with Crippen LogP contribution in [0.1, 0.15) is 24.1 Å². The second kappa shape index (κ2) is 8.51. The van der Waals surface area contributed by atoms with E-state index in [1.165, 1.54) is 5.56 Å². The van der Waals surface area contributed by atoms with Crippen molar-refractivity contribution in [2.24, 2.45) is 0 Å². The fourth-order valence-corrected chi connectivity index (χ4v) is 3.64. The fourth-order valence-electron chi connectivity index (χ4n) is 3.64. The van der Waals surface area contributed by atoms with E-state index in [4.69, 9.17) is 9.47 Å². The van der Waals surface area contributed by atoms with Crippen molar-refractivity contribution in [1.82, 2.24) is 9.88 Å². The van der Waals surface area contributed by atoms with Gasteiger partial charge in [0.15, 0.2) is 0 Å². The van der Waals surface area contributed by atoms with Crippen LogP contribution in [-0.2, 0) is 17.9 Å². The maximum Gasteiger partial charge on any atom is 0.130 e. The highest BCUT2D eigenvalue weighted by molar-refractivity contribution is 5.78. The lowest BCUT2D eigenvalue weighted by Gasteiger charge is -2.31. The van der Waals surface area contributed by atoms with Crippen LogP contribution in [-0.4, -0.2) is 36.2 Å². The van der Waals surface area contributed by atoms with Crippen molar-refractivity contribution in [3.05, 3.63) is 71.9 Å². The van der Waals surface area contributed by atoms with E-state index in [0.717, 1.165) is 54.8 Å². The minimum absolute atomic E-state index is 0.422. The molecule has 0 atom stereocenters. The number of benzene rings is 2. The van der Waals surface area contributed by atoms with E-state index in [9.17, 15) is 0 Å². The van der Waals surface area contributed by atoms with Crippen LogP contribution in [0, 0.1) is 0 Å². The van der Waals surface area contributed by atoms with E-state index in [2.05, 4.69) is 40.2 Å². The normalized spacial score (nSPS) is 15.9. The third-order valence-corrected chi connectivity index (χ3v) is 5.22. The van der Waals surface area contributed by atoms with Crippen LogP contribution in [0.15, 0.2) is 60.7 Å². The lowest BCUT2D eigenvalue weighted by molar-refractivity contribution is 0.0388. The molecule has 1 aromatic heterocycles. The van der Waals surface area contributed by atoms with Gasteiger partial charge in [-0.25, -0.2) is 4.98 Å². The Bertz CT molecular complexity index is 888. The summed E-state index contributed by atoms with van der Waals surface area (Å²) in [5.41, 5.74) is 3.24. The highest BCUT2D eigenvalue weighted by Gasteiger charge is 2.18.